The molecular formula is C19H22N4O3S. The Morgan fingerprint density at radius 3 is 2.74 bits per heavy atom. The molecule has 1 unspecified atom stereocenters. The molecule has 1 aliphatic heterocycles. The summed E-state index contributed by atoms with van der Waals surface area (Å²) >= 11 is 0. The summed E-state index contributed by atoms with van der Waals surface area (Å²) in [6.45, 7) is 3.94. The SMILES string of the molecule is CCCCC(N=C1NS(=O)(=O)c2ccccc21)C(=O)Nc1ccc(C)cn1. The Morgan fingerprint density at radius 2 is 2.04 bits per heavy atom. The van der Waals surface area contributed by atoms with Crippen molar-refractivity contribution in [2.45, 2.75) is 44.0 Å². The second kappa shape index (κ2) is 7.87. The molecule has 0 radical (unpaired) electrons. The smallest absolute Gasteiger partial charge is 0.263 e. The van der Waals surface area contributed by atoms with E-state index in [0.717, 1.165) is 18.4 Å². The van der Waals surface area contributed by atoms with Gasteiger partial charge in [0.2, 0.25) is 5.91 Å². The van der Waals surface area contributed by atoms with E-state index in [2.05, 4.69) is 20.0 Å². The number of aliphatic imine (C=N–C) groups is 1. The molecule has 0 aliphatic carbocycles. The topological polar surface area (TPSA) is 101 Å². The van der Waals surface area contributed by atoms with Gasteiger partial charge in [-0.3, -0.25) is 14.5 Å². The van der Waals surface area contributed by atoms with E-state index in [1.165, 1.54) is 6.07 Å². The van der Waals surface area contributed by atoms with Gasteiger partial charge in [0, 0.05) is 11.8 Å². The number of pyridine rings is 1. The number of rotatable bonds is 6. The summed E-state index contributed by atoms with van der Waals surface area (Å²) < 4.78 is 27.0. The van der Waals surface area contributed by atoms with Crippen molar-refractivity contribution in [3.63, 3.8) is 0 Å². The fourth-order valence-corrected chi connectivity index (χ4v) is 4.03. The quantitative estimate of drug-likeness (QED) is 0.797. The lowest BCUT2D eigenvalue weighted by Gasteiger charge is -2.13. The molecule has 2 N–H and O–H groups in total. The van der Waals surface area contributed by atoms with Crippen LogP contribution in [0.4, 0.5) is 5.82 Å². The van der Waals surface area contributed by atoms with E-state index in [1.54, 1.807) is 30.5 Å². The zero-order chi connectivity index (χ0) is 19.4. The lowest BCUT2D eigenvalue weighted by atomic mass is 10.1. The van der Waals surface area contributed by atoms with E-state index in [1.807, 2.05) is 19.9 Å². The second-order valence-electron chi connectivity index (χ2n) is 6.45. The van der Waals surface area contributed by atoms with Gasteiger partial charge in [-0.15, -0.1) is 0 Å². The average Bonchev–Trinajstić information content (AvgIpc) is 2.91. The number of unbranched alkanes of at least 4 members (excludes halogenated alkanes) is 1. The monoisotopic (exact) mass is 386 g/mol. The van der Waals surface area contributed by atoms with Crippen molar-refractivity contribution in [2.75, 3.05) is 5.32 Å². The standard InChI is InChI=1S/C19H22N4O3S/c1-3-4-8-15(19(24)22-17-11-10-13(2)12-20-17)21-18-14-7-5-6-9-16(14)27(25,26)23-18/h5-7,9-12,15H,3-4,8H2,1-2H3,(H,21,23)(H,20,22,24). The van der Waals surface area contributed by atoms with Crippen LogP contribution in [-0.4, -0.2) is 31.2 Å². The van der Waals surface area contributed by atoms with Gasteiger partial charge in [-0.05, 0) is 37.1 Å². The number of hydrogen-bond donors (Lipinski definition) is 2. The van der Waals surface area contributed by atoms with Gasteiger partial charge >= 0.3 is 0 Å². The maximum atomic E-state index is 12.7. The molecule has 27 heavy (non-hydrogen) atoms. The summed E-state index contributed by atoms with van der Waals surface area (Å²) in [7, 11) is -3.64. The Hall–Kier alpha value is -2.74. The molecule has 7 nitrogen and oxygen atoms in total. The minimum atomic E-state index is -3.64. The Kier molecular flexibility index (Phi) is 5.55. The van der Waals surface area contributed by atoms with Gasteiger partial charge in [-0.1, -0.05) is 38.0 Å². The minimum Gasteiger partial charge on any atom is -0.309 e. The fourth-order valence-electron chi connectivity index (χ4n) is 2.79. The Labute approximate surface area is 159 Å². The van der Waals surface area contributed by atoms with Crippen molar-refractivity contribution in [3.8, 4) is 0 Å². The van der Waals surface area contributed by atoms with Gasteiger partial charge in [0.25, 0.3) is 10.0 Å². The van der Waals surface area contributed by atoms with Crippen LogP contribution < -0.4 is 10.0 Å². The number of carbonyl (C=O) groups is 1. The predicted octanol–water partition coefficient (Wildman–Crippen LogP) is 2.63. The first-order valence-electron chi connectivity index (χ1n) is 8.84. The number of hydrogen-bond acceptors (Lipinski definition) is 5. The highest BCUT2D eigenvalue weighted by Gasteiger charge is 2.31. The van der Waals surface area contributed by atoms with E-state index in [-0.39, 0.29) is 16.6 Å². The van der Waals surface area contributed by atoms with Crippen molar-refractivity contribution in [1.29, 1.82) is 0 Å². The third kappa shape index (κ3) is 4.33. The fraction of sp³-hybridized carbons (Fsp3) is 0.316. The number of anilines is 1. The van der Waals surface area contributed by atoms with Crippen LogP contribution in [0, 0.1) is 6.92 Å². The van der Waals surface area contributed by atoms with Crippen LogP contribution in [-0.2, 0) is 14.8 Å². The zero-order valence-corrected chi connectivity index (χ0v) is 16.1. The van der Waals surface area contributed by atoms with Crippen molar-refractivity contribution in [2.24, 2.45) is 4.99 Å². The van der Waals surface area contributed by atoms with Crippen LogP contribution in [0.1, 0.15) is 37.3 Å². The number of benzene rings is 1. The minimum absolute atomic E-state index is 0.179. The summed E-state index contributed by atoms with van der Waals surface area (Å²) in [5, 5.41) is 2.76. The summed E-state index contributed by atoms with van der Waals surface area (Å²) in [6, 6.07) is 9.48. The first-order valence-corrected chi connectivity index (χ1v) is 10.3. The number of sulfonamides is 1. The van der Waals surface area contributed by atoms with Gasteiger partial charge in [0.1, 0.15) is 17.7 Å². The summed E-state index contributed by atoms with van der Waals surface area (Å²) in [6.07, 6.45) is 3.88. The molecule has 1 atom stereocenters. The number of nitrogens with zero attached hydrogens (tertiary/aromatic N) is 2. The largest absolute Gasteiger partial charge is 0.309 e. The van der Waals surface area contributed by atoms with Crippen molar-refractivity contribution in [1.82, 2.24) is 9.71 Å². The number of aromatic nitrogens is 1. The van der Waals surface area contributed by atoms with Crippen LogP contribution in [0.3, 0.4) is 0 Å². The number of fused-ring (bicyclic) bond motifs is 1. The van der Waals surface area contributed by atoms with Crippen LogP contribution >= 0.6 is 0 Å². The number of amides is 1. The van der Waals surface area contributed by atoms with Crippen LogP contribution in [0.2, 0.25) is 0 Å². The van der Waals surface area contributed by atoms with Gasteiger partial charge in [0.05, 0.1) is 4.90 Å². The molecule has 1 amide bonds. The molecule has 0 saturated carbocycles. The number of amidine groups is 1. The molecule has 2 aromatic rings. The molecule has 0 spiro atoms. The Bertz CT molecular complexity index is 969. The molecule has 0 saturated heterocycles. The highest BCUT2D eigenvalue weighted by atomic mass is 32.2. The maximum Gasteiger partial charge on any atom is 0.263 e. The van der Waals surface area contributed by atoms with Gasteiger partial charge in [0.15, 0.2) is 0 Å². The van der Waals surface area contributed by atoms with E-state index in [0.29, 0.717) is 17.8 Å². The van der Waals surface area contributed by atoms with Crippen molar-refractivity contribution < 1.29 is 13.2 Å². The average molecular weight is 386 g/mol. The van der Waals surface area contributed by atoms with E-state index >= 15 is 0 Å². The van der Waals surface area contributed by atoms with Crippen LogP contribution in [0.15, 0.2) is 52.5 Å². The van der Waals surface area contributed by atoms with Crippen LogP contribution in [0.5, 0.6) is 0 Å². The Balaban J connectivity index is 1.88. The predicted molar refractivity (Wildman–Crippen MR) is 104 cm³/mol. The first kappa shape index (κ1) is 19.0. The van der Waals surface area contributed by atoms with Gasteiger partial charge in [-0.2, -0.15) is 0 Å². The van der Waals surface area contributed by atoms with E-state index in [4.69, 9.17) is 0 Å². The van der Waals surface area contributed by atoms with E-state index < -0.39 is 16.1 Å². The van der Waals surface area contributed by atoms with Crippen molar-refractivity contribution >= 4 is 27.6 Å². The third-order valence-electron chi connectivity index (χ3n) is 4.24. The molecule has 8 heteroatoms. The second-order valence-corrected chi connectivity index (χ2v) is 8.10. The highest BCUT2D eigenvalue weighted by Crippen LogP contribution is 2.23. The zero-order valence-electron chi connectivity index (χ0n) is 15.3. The number of carbonyl (C=O) groups excluding carboxylic acids is 1. The maximum absolute atomic E-state index is 12.7. The van der Waals surface area contributed by atoms with Gasteiger partial charge < -0.3 is 5.32 Å². The summed E-state index contributed by atoms with van der Waals surface area (Å²) in [4.78, 5) is 21.5. The Morgan fingerprint density at radius 1 is 1.26 bits per heavy atom. The van der Waals surface area contributed by atoms with Gasteiger partial charge in [-0.25, -0.2) is 13.4 Å². The van der Waals surface area contributed by atoms with Crippen LogP contribution in [0.25, 0.3) is 0 Å². The molecule has 1 aromatic carbocycles. The number of nitrogens with one attached hydrogen (secondary N) is 2. The first-order chi connectivity index (χ1) is 12.9. The molecule has 2 heterocycles. The molecule has 0 fully saturated rings. The summed E-state index contributed by atoms with van der Waals surface area (Å²) in [5.74, 6) is 0.342. The van der Waals surface area contributed by atoms with E-state index in [9.17, 15) is 13.2 Å². The normalized spacial score (nSPS) is 17.2. The molecule has 0 bridgehead atoms. The molecule has 1 aromatic heterocycles. The molecule has 1 aliphatic rings. The molecule has 142 valence electrons. The third-order valence-corrected chi connectivity index (χ3v) is 5.64. The molecule has 3 rings (SSSR count). The number of aryl methyl sites for hydroxylation is 1. The highest BCUT2D eigenvalue weighted by molar-refractivity contribution is 7.90. The summed E-state index contributed by atoms with van der Waals surface area (Å²) in [5.41, 5.74) is 1.48. The molecular weight excluding hydrogens is 364 g/mol. The lowest BCUT2D eigenvalue weighted by Crippen LogP contribution is -2.31. The van der Waals surface area contributed by atoms with Crippen molar-refractivity contribution in [3.05, 3.63) is 53.7 Å². The lowest BCUT2D eigenvalue weighted by molar-refractivity contribution is -0.117.